The number of nitrogens with zero attached hydrogens (tertiary/aromatic N) is 4. The molecule has 0 aliphatic rings. The number of nitrogens with one attached hydrogen (secondary N) is 1. The Morgan fingerprint density at radius 2 is 2.19 bits per heavy atom. The van der Waals surface area contributed by atoms with Gasteiger partial charge in [-0.2, -0.15) is 0 Å². The van der Waals surface area contributed by atoms with Gasteiger partial charge in [0, 0.05) is 17.3 Å². The lowest BCUT2D eigenvalue weighted by molar-refractivity contribution is -0.113. The Hall–Kier alpha value is -2.19. The van der Waals surface area contributed by atoms with Crippen LogP contribution in [-0.4, -0.2) is 31.4 Å². The van der Waals surface area contributed by atoms with Crippen molar-refractivity contribution in [3.8, 4) is 5.69 Å². The summed E-state index contributed by atoms with van der Waals surface area (Å²) in [5.41, 5.74) is 0.963. The predicted octanol–water partition coefficient (Wildman–Crippen LogP) is 2.45. The van der Waals surface area contributed by atoms with Crippen LogP contribution in [0.3, 0.4) is 0 Å². The molecule has 0 fully saturated rings. The Morgan fingerprint density at radius 3 is 2.95 bits per heavy atom. The second-order valence-corrected chi connectivity index (χ2v) is 5.83. The monoisotopic (exact) mass is 317 g/mol. The standard InChI is InChI=1S/C13H11N5OS2/c19-11(16-12-14-6-7-20-12)8-21-13-17-15-9-18(13)10-4-2-1-3-5-10/h1-7,9H,8H2,(H,14,16,19). The third kappa shape index (κ3) is 3.47. The molecule has 106 valence electrons. The van der Waals surface area contributed by atoms with E-state index in [4.69, 9.17) is 0 Å². The van der Waals surface area contributed by atoms with E-state index in [1.54, 1.807) is 12.5 Å². The van der Waals surface area contributed by atoms with E-state index in [0.29, 0.717) is 10.3 Å². The van der Waals surface area contributed by atoms with Crippen LogP contribution >= 0.6 is 23.1 Å². The van der Waals surface area contributed by atoms with Gasteiger partial charge in [0.2, 0.25) is 5.91 Å². The highest BCUT2D eigenvalue weighted by atomic mass is 32.2. The number of amides is 1. The van der Waals surface area contributed by atoms with Gasteiger partial charge in [-0.05, 0) is 12.1 Å². The number of benzene rings is 1. The summed E-state index contributed by atoms with van der Waals surface area (Å²) in [6.07, 6.45) is 3.29. The van der Waals surface area contributed by atoms with Gasteiger partial charge in [0.1, 0.15) is 6.33 Å². The first-order valence-electron chi connectivity index (χ1n) is 6.10. The Kier molecular flexibility index (Phi) is 4.27. The van der Waals surface area contributed by atoms with Crippen LogP contribution in [0, 0.1) is 0 Å². The second-order valence-electron chi connectivity index (χ2n) is 3.99. The number of anilines is 1. The molecular formula is C13H11N5OS2. The molecule has 1 aromatic carbocycles. The molecule has 3 aromatic rings. The fourth-order valence-electron chi connectivity index (χ4n) is 1.66. The fraction of sp³-hybridized carbons (Fsp3) is 0.0769. The van der Waals surface area contributed by atoms with Gasteiger partial charge in [-0.3, -0.25) is 9.36 Å². The molecule has 0 radical (unpaired) electrons. The third-order valence-electron chi connectivity index (χ3n) is 2.56. The van der Waals surface area contributed by atoms with Crippen molar-refractivity contribution in [1.29, 1.82) is 0 Å². The average molecular weight is 317 g/mol. The number of para-hydroxylation sites is 1. The molecule has 0 bridgehead atoms. The first kappa shape index (κ1) is 13.8. The summed E-state index contributed by atoms with van der Waals surface area (Å²) < 4.78 is 1.85. The number of rotatable bonds is 5. The lowest BCUT2D eigenvalue weighted by atomic mass is 10.3. The van der Waals surface area contributed by atoms with E-state index in [1.807, 2.05) is 40.3 Å². The van der Waals surface area contributed by atoms with Crippen molar-refractivity contribution in [1.82, 2.24) is 19.7 Å². The van der Waals surface area contributed by atoms with Crippen molar-refractivity contribution in [2.75, 3.05) is 11.1 Å². The Bertz CT molecular complexity index is 711. The van der Waals surface area contributed by atoms with E-state index in [9.17, 15) is 4.79 Å². The summed E-state index contributed by atoms with van der Waals surface area (Å²) in [7, 11) is 0. The van der Waals surface area contributed by atoms with Crippen LogP contribution in [0.15, 0.2) is 53.4 Å². The van der Waals surface area contributed by atoms with Crippen LogP contribution in [0.5, 0.6) is 0 Å². The molecule has 0 aliphatic carbocycles. The summed E-state index contributed by atoms with van der Waals surface area (Å²) in [6, 6.07) is 9.76. The summed E-state index contributed by atoms with van der Waals surface area (Å²) in [6.45, 7) is 0. The molecule has 8 heteroatoms. The summed E-state index contributed by atoms with van der Waals surface area (Å²) in [5, 5.41) is 13.8. The molecule has 0 atom stereocenters. The molecule has 6 nitrogen and oxygen atoms in total. The Morgan fingerprint density at radius 1 is 1.33 bits per heavy atom. The van der Waals surface area contributed by atoms with Crippen molar-refractivity contribution in [3.63, 3.8) is 0 Å². The van der Waals surface area contributed by atoms with E-state index in [2.05, 4.69) is 20.5 Å². The molecule has 2 heterocycles. The van der Waals surface area contributed by atoms with Gasteiger partial charge in [0.15, 0.2) is 10.3 Å². The van der Waals surface area contributed by atoms with Gasteiger partial charge >= 0.3 is 0 Å². The van der Waals surface area contributed by atoms with Gasteiger partial charge < -0.3 is 5.32 Å². The molecule has 21 heavy (non-hydrogen) atoms. The summed E-state index contributed by atoms with van der Waals surface area (Å²) >= 11 is 2.72. The van der Waals surface area contributed by atoms with Crippen LogP contribution in [0.1, 0.15) is 0 Å². The molecule has 0 spiro atoms. The van der Waals surface area contributed by atoms with Crippen LogP contribution in [0.4, 0.5) is 5.13 Å². The van der Waals surface area contributed by atoms with Crippen molar-refractivity contribution >= 4 is 34.1 Å². The highest BCUT2D eigenvalue weighted by molar-refractivity contribution is 7.99. The van der Waals surface area contributed by atoms with Gasteiger partial charge in [0.25, 0.3) is 0 Å². The van der Waals surface area contributed by atoms with E-state index >= 15 is 0 Å². The lowest BCUT2D eigenvalue weighted by Gasteiger charge is -2.05. The predicted molar refractivity (Wildman–Crippen MR) is 82.8 cm³/mol. The first-order valence-corrected chi connectivity index (χ1v) is 7.97. The van der Waals surface area contributed by atoms with Crippen LogP contribution in [0.2, 0.25) is 0 Å². The summed E-state index contributed by atoms with van der Waals surface area (Å²) in [5.74, 6) is 0.142. The minimum Gasteiger partial charge on any atom is -0.301 e. The highest BCUT2D eigenvalue weighted by Gasteiger charge is 2.10. The molecule has 2 aromatic heterocycles. The molecule has 0 saturated heterocycles. The average Bonchev–Trinajstić information content (AvgIpc) is 3.17. The number of hydrogen-bond acceptors (Lipinski definition) is 6. The minimum absolute atomic E-state index is 0.113. The van der Waals surface area contributed by atoms with Gasteiger partial charge in [-0.25, -0.2) is 4.98 Å². The maximum absolute atomic E-state index is 11.8. The highest BCUT2D eigenvalue weighted by Crippen LogP contribution is 2.19. The van der Waals surface area contributed by atoms with Crippen LogP contribution in [0.25, 0.3) is 5.69 Å². The normalized spacial score (nSPS) is 10.5. The Balaban J connectivity index is 1.64. The SMILES string of the molecule is O=C(CSc1nncn1-c1ccccc1)Nc1nccs1. The second kappa shape index (κ2) is 6.51. The van der Waals surface area contributed by atoms with Gasteiger partial charge in [0.05, 0.1) is 5.75 Å². The number of thioether (sulfide) groups is 1. The number of carbonyl (C=O) groups is 1. The molecule has 1 amide bonds. The first-order chi connectivity index (χ1) is 10.3. The van der Waals surface area contributed by atoms with Gasteiger partial charge in [-0.1, -0.05) is 30.0 Å². The smallest absolute Gasteiger partial charge is 0.236 e. The van der Waals surface area contributed by atoms with E-state index in [1.165, 1.54) is 23.1 Å². The minimum atomic E-state index is -0.113. The zero-order chi connectivity index (χ0) is 14.5. The Labute approximate surface area is 129 Å². The van der Waals surface area contributed by atoms with E-state index in [-0.39, 0.29) is 11.7 Å². The fourth-order valence-corrected chi connectivity index (χ4v) is 2.93. The third-order valence-corrected chi connectivity index (χ3v) is 4.19. The quantitative estimate of drug-likeness (QED) is 0.732. The van der Waals surface area contributed by atoms with E-state index in [0.717, 1.165) is 5.69 Å². The van der Waals surface area contributed by atoms with Crippen molar-refractivity contribution < 1.29 is 4.79 Å². The molecule has 0 unspecified atom stereocenters. The number of carbonyl (C=O) groups excluding carboxylic acids is 1. The van der Waals surface area contributed by atoms with Gasteiger partial charge in [-0.15, -0.1) is 21.5 Å². The number of thiazole rings is 1. The maximum Gasteiger partial charge on any atom is 0.236 e. The van der Waals surface area contributed by atoms with Crippen molar-refractivity contribution in [2.24, 2.45) is 0 Å². The zero-order valence-corrected chi connectivity index (χ0v) is 12.5. The zero-order valence-electron chi connectivity index (χ0n) is 10.8. The number of hydrogen-bond donors (Lipinski definition) is 1. The van der Waals surface area contributed by atoms with E-state index < -0.39 is 0 Å². The maximum atomic E-state index is 11.8. The molecule has 0 saturated carbocycles. The molecule has 1 N–H and O–H groups in total. The summed E-state index contributed by atoms with van der Waals surface area (Å²) in [4.78, 5) is 15.8. The lowest BCUT2D eigenvalue weighted by Crippen LogP contribution is -2.14. The van der Waals surface area contributed by atoms with Crippen molar-refractivity contribution in [3.05, 3.63) is 48.2 Å². The molecule has 3 rings (SSSR count). The largest absolute Gasteiger partial charge is 0.301 e. The van der Waals surface area contributed by atoms with Crippen molar-refractivity contribution in [2.45, 2.75) is 5.16 Å². The topological polar surface area (TPSA) is 72.7 Å². The van der Waals surface area contributed by atoms with Crippen LogP contribution < -0.4 is 5.32 Å². The van der Waals surface area contributed by atoms with Crippen LogP contribution in [-0.2, 0) is 4.79 Å². The number of aromatic nitrogens is 4. The molecular weight excluding hydrogens is 306 g/mol. The molecule has 0 aliphatic heterocycles.